The van der Waals surface area contributed by atoms with Crippen molar-refractivity contribution in [2.75, 3.05) is 26.8 Å². The van der Waals surface area contributed by atoms with E-state index in [1.807, 2.05) is 0 Å². The van der Waals surface area contributed by atoms with Crippen LogP contribution in [0.3, 0.4) is 0 Å². The summed E-state index contributed by atoms with van der Waals surface area (Å²) in [4.78, 5) is 0. The summed E-state index contributed by atoms with van der Waals surface area (Å²) in [5.41, 5.74) is 0.614. The van der Waals surface area contributed by atoms with Gasteiger partial charge in [-0.1, -0.05) is 33.1 Å². The van der Waals surface area contributed by atoms with Gasteiger partial charge in [-0.05, 0) is 43.6 Å². The molecule has 1 aliphatic carbocycles. The normalized spacial score (nSPS) is 19.1. The number of hydrogen-bond donors (Lipinski definition) is 1. The van der Waals surface area contributed by atoms with Crippen molar-refractivity contribution in [3.63, 3.8) is 0 Å². The first-order chi connectivity index (χ1) is 8.18. The zero-order chi connectivity index (χ0) is 12.6. The van der Waals surface area contributed by atoms with Crippen molar-refractivity contribution in [1.29, 1.82) is 0 Å². The molecule has 0 unspecified atom stereocenters. The van der Waals surface area contributed by atoms with Crippen LogP contribution in [0.25, 0.3) is 0 Å². The standard InChI is InChI=1S/C15H31NO/c1-14(2)12-16-13-15(8-4-5-9-15)10-6-7-11-17-3/h14,16H,4-13H2,1-3H3. The Kier molecular flexibility index (Phi) is 7.14. The highest BCUT2D eigenvalue weighted by atomic mass is 16.5. The quantitative estimate of drug-likeness (QED) is 0.623. The van der Waals surface area contributed by atoms with Gasteiger partial charge in [0.05, 0.1) is 0 Å². The molecule has 0 heterocycles. The molecule has 1 N–H and O–H groups in total. The number of rotatable bonds is 9. The molecule has 17 heavy (non-hydrogen) atoms. The lowest BCUT2D eigenvalue weighted by molar-refractivity contribution is 0.179. The average Bonchev–Trinajstić information content (AvgIpc) is 2.73. The highest BCUT2D eigenvalue weighted by Gasteiger charge is 2.32. The van der Waals surface area contributed by atoms with Crippen molar-refractivity contribution >= 4 is 0 Å². The molecule has 0 amide bonds. The fraction of sp³-hybridized carbons (Fsp3) is 1.00. The van der Waals surface area contributed by atoms with Crippen LogP contribution in [0.15, 0.2) is 0 Å². The van der Waals surface area contributed by atoms with E-state index in [0.29, 0.717) is 5.41 Å². The lowest BCUT2D eigenvalue weighted by Crippen LogP contribution is -2.34. The third kappa shape index (κ3) is 5.87. The fourth-order valence-electron chi connectivity index (χ4n) is 3.01. The maximum atomic E-state index is 5.14. The molecule has 0 spiro atoms. The minimum Gasteiger partial charge on any atom is -0.385 e. The lowest BCUT2D eigenvalue weighted by atomic mass is 9.81. The maximum absolute atomic E-state index is 5.14. The van der Waals surface area contributed by atoms with Crippen molar-refractivity contribution in [2.24, 2.45) is 11.3 Å². The molecule has 1 rings (SSSR count). The minimum atomic E-state index is 0.614. The smallest absolute Gasteiger partial charge is 0.0462 e. The first-order valence-corrected chi connectivity index (χ1v) is 7.38. The van der Waals surface area contributed by atoms with E-state index in [0.717, 1.165) is 12.5 Å². The van der Waals surface area contributed by atoms with Gasteiger partial charge in [0.25, 0.3) is 0 Å². The predicted octanol–water partition coefficient (Wildman–Crippen LogP) is 3.61. The highest BCUT2D eigenvalue weighted by Crippen LogP contribution is 2.41. The van der Waals surface area contributed by atoms with E-state index in [1.54, 1.807) is 7.11 Å². The molecule has 0 bridgehead atoms. The largest absolute Gasteiger partial charge is 0.385 e. The number of nitrogens with one attached hydrogen (secondary N) is 1. The van der Waals surface area contributed by atoms with Gasteiger partial charge in [-0.15, -0.1) is 0 Å². The van der Waals surface area contributed by atoms with Crippen molar-refractivity contribution in [1.82, 2.24) is 5.32 Å². The van der Waals surface area contributed by atoms with Crippen LogP contribution < -0.4 is 5.32 Å². The third-order valence-corrected chi connectivity index (χ3v) is 4.02. The second-order valence-electron chi connectivity index (χ2n) is 6.18. The molecule has 0 aromatic rings. The molecule has 0 aromatic carbocycles. The minimum absolute atomic E-state index is 0.614. The van der Waals surface area contributed by atoms with E-state index < -0.39 is 0 Å². The van der Waals surface area contributed by atoms with E-state index >= 15 is 0 Å². The number of ether oxygens (including phenoxy) is 1. The predicted molar refractivity (Wildman–Crippen MR) is 74.3 cm³/mol. The van der Waals surface area contributed by atoms with E-state index in [9.17, 15) is 0 Å². The van der Waals surface area contributed by atoms with Gasteiger partial charge >= 0.3 is 0 Å². The van der Waals surface area contributed by atoms with Crippen LogP contribution in [-0.4, -0.2) is 26.8 Å². The molecule has 0 saturated heterocycles. The molecular formula is C15H31NO. The second-order valence-corrected chi connectivity index (χ2v) is 6.18. The Hall–Kier alpha value is -0.0800. The van der Waals surface area contributed by atoms with Crippen LogP contribution >= 0.6 is 0 Å². The summed E-state index contributed by atoms with van der Waals surface area (Å²) >= 11 is 0. The van der Waals surface area contributed by atoms with Crippen LogP contribution in [0, 0.1) is 11.3 Å². The van der Waals surface area contributed by atoms with Crippen LogP contribution in [0.2, 0.25) is 0 Å². The molecule has 0 aromatic heterocycles. The molecule has 2 heteroatoms. The van der Waals surface area contributed by atoms with Crippen LogP contribution in [-0.2, 0) is 4.74 Å². The fourth-order valence-corrected chi connectivity index (χ4v) is 3.01. The molecule has 2 nitrogen and oxygen atoms in total. The summed E-state index contributed by atoms with van der Waals surface area (Å²) in [5.74, 6) is 0.766. The van der Waals surface area contributed by atoms with Gasteiger partial charge in [0.1, 0.15) is 0 Å². The van der Waals surface area contributed by atoms with Gasteiger partial charge in [0.15, 0.2) is 0 Å². The lowest BCUT2D eigenvalue weighted by Gasteiger charge is -2.30. The van der Waals surface area contributed by atoms with E-state index in [-0.39, 0.29) is 0 Å². The summed E-state index contributed by atoms with van der Waals surface area (Å²) in [5, 5.41) is 3.68. The zero-order valence-electron chi connectivity index (χ0n) is 12.1. The van der Waals surface area contributed by atoms with Crippen molar-refractivity contribution in [2.45, 2.75) is 58.8 Å². The van der Waals surface area contributed by atoms with Crippen molar-refractivity contribution < 1.29 is 4.74 Å². The Balaban J connectivity index is 2.24. The Morgan fingerprint density at radius 2 is 1.88 bits per heavy atom. The van der Waals surface area contributed by atoms with Crippen molar-refractivity contribution in [3.8, 4) is 0 Å². The summed E-state index contributed by atoms with van der Waals surface area (Å²) in [6.07, 6.45) is 9.69. The molecule has 0 aliphatic heterocycles. The molecular weight excluding hydrogens is 210 g/mol. The summed E-state index contributed by atoms with van der Waals surface area (Å²) in [6, 6.07) is 0. The first-order valence-electron chi connectivity index (χ1n) is 7.38. The Labute approximate surface area is 108 Å². The second kappa shape index (κ2) is 8.10. The van der Waals surface area contributed by atoms with Gasteiger partial charge in [-0.2, -0.15) is 0 Å². The Morgan fingerprint density at radius 3 is 2.47 bits per heavy atom. The van der Waals surface area contributed by atoms with Crippen molar-refractivity contribution in [3.05, 3.63) is 0 Å². The molecule has 1 aliphatic rings. The molecule has 0 radical (unpaired) electrons. The Bertz CT molecular complexity index is 185. The van der Waals surface area contributed by atoms with Gasteiger partial charge in [-0.3, -0.25) is 0 Å². The summed E-state index contributed by atoms with van der Waals surface area (Å²) < 4.78 is 5.14. The number of methoxy groups -OCH3 is 1. The summed E-state index contributed by atoms with van der Waals surface area (Å²) in [7, 11) is 1.80. The van der Waals surface area contributed by atoms with Crippen LogP contribution in [0.5, 0.6) is 0 Å². The average molecular weight is 241 g/mol. The molecule has 1 fully saturated rings. The SMILES string of the molecule is COCCCCC1(CNCC(C)C)CCCC1. The highest BCUT2D eigenvalue weighted by molar-refractivity contribution is 4.86. The molecule has 1 saturated carbocycles. The topological polar surface area (TPSA) is 21.3 Å². The van der Waals surface area contributed by atoms with E-state index in [1.165, 1.54) is 58.0 Å². The molecule has 102 valence electrons. The van der Waals surface area contributed by atoms with Gasteiger partial charge < -0.3 is 10.1 Å². The number of hydrogen-bond acceptors (Lipinski definition) is 2. The van der Waals surface area contributed by atoms with E-state index in [2.05, 4.69) is 19.2 Å². The van der Waals surface area contributed by atoms with Gasteiger partial charge in [0, 0.05) is 20.3 Å². The third-order valence-electron chi connectivity index (χ3n) is 4.02. The Morgan fingerprint density at radius 1 is 1.18 bits per heavy atom. The van der Waals surface area contributed by atoms with Gasteiger partial charge in [-0.25, -0.2) is 0 Å². The monoisotopic (exact) mass is 241 g/mol. The number of unbranched alkanes of at least 4 members (excludes halogenated alkanes) is 1. The molecule has 0 atom stereocenters. The summed E-state index contributed by atoms with van der Waals surface area (Å²) in [6.45, 7) is 7.90. The van der Waals surface area contributed by atoms with Crippen LogP contribution in [0.1, 0.15) is 58.8 Å². The zero-order valence-corrected chi connectivity index (χ0v) is 12.1. The van der Waals surface area contributed by atoms with E-state index in [4.69, 9.17) is 4.74 Å². The van der Waals surface area contributed by atoms with Gasteiger partial charge in [0.2, 0.25) is 0 Å². The first kappa shape index (κ1) is 15.0. The maximum Gasteiger partial charge on any atom is 0.0462 e. The van der Waals surface area contributed by atoms with Crippen LogP contribution in [0.4, 0.5) is 0 Å².